The summed E-state index contributed by atoms with van der Waals surface area (Å²) in [4.78, 5) is 11.7. The van der Waals surface area contributed by atoms with Crippen LogP contribution in [0.25, 0.3) is 0 Å². The predicted octanol–water partition coefficient (Wildman–Crippen LogP) is 2.13. The average Bonchev–Trinajstić information content (AvgIpc) is 2.37. The van der Waals surface area contributed by atoms with Gasteiger partial charge in [0, 0.05) is 24.0 Å². The molecular formula is C12H8FN3S. The summed E-state index contributed by atoms with van der Waals surface area (Å²) in [5.74, 6) is 5.14. The molecule has 0 aliphatic carbocycles. The third kappa shape index (κ3) is 3.26. The van der Waals surface area contributed by atoms with Gasteiger partial charge in [-0.1, -0.05) is 17.7 Å². The normalized spacial score (nSPS) is 9.53. The van der Waals surface area contributed by atoms with Crippen molar-refractivity contribution in [2.75, 3.05) is 6.26 Å². The van der Waals surface area contributed by atoms with E-state index < -0.39 is 5.95 Å². The predicted molar refractivity (Wildman–Crippen MR) is 64.0 cm³/mol. The Kier molecular flexibility index (Phi) is 3.68. The highest BCUT2D eigenvalue weighted by Gasteiger charge is 1.95. The van der Waals surface area contributed by atoms with Gasteiger partial charge >= 0.3 is 0 Å². The summed E-state index contributed by atoms with van der Waals surface area (Å²) < 4.78 is 12.8. The van der Waals surface area contributed by atoms with Crippen molar-refractivity contribution < 1.29 is 4.39 Å². The zero-order chi connectivity index (χ0) is 12.1. The first-order valence-electron chi connectivity index (χ1n) is 4.78. The lowest BCUT2D eigenvalue weighted by Crippen LogP contribution is -1.88. The number of aromatic nitrogens is 3. The Bertz CT molecular complexity index is 590. The van der Waals surface area contributed by atoms with Gasteiger partial charge in [0.15, 0.2) is 5.16 Å². The van der Waals surface area contributed by atoms with Crippen LogP contribution < -0.4 is 0 Å². The number of hydrogen-bond donors (Lipinski definition) is 0. The van der Waals surface area contributed by atoms with Gasteiger partial charge in [0.05, 0.1) is 0 Å². The number of rotatable bonds is 1. The summed E-state index contributed by atoms with van der Waals surface area (Å²) in [7, 11) is 0. The lowest BCUT2D eigenvalue weighted by Gasteiger charge is -1.93. The van der Waals surface area contributed by atoms with E-state index in [9.17, 15) is 4.39 Å². The molecular weight excluding hydrogens is 237 g/mol. The number of nitrogens with zero attached hydrogens (tertiary/aromatic N) is 3. The second-order valence-electron chi connectivity index (χ2n) is 3.05. The highest BCUT2D eigenvalue weighted by Crippen LogP contribution is 2.07. The molecule has 17 heavy (non-hydrogen) atoms. The largest absolute Gasteiger partial charge is 0.231 e. The molecule has 2 aromatic heterocycles. The van der Waals surface area contributed by atoms with E-state index in [2.05, 4.69) is 26.8 Å². The Morgan fingerprint density at radius 1 is 1.18 bits per heavy atom. The standard InChI is InChI=1S/C12H8FN3S/c1-17-12-15-7-5-10(16-12)3-2-9-4-6-14-11(13)8-9/h4-8H,1H3. The fourth-order valence-electron chi connectivity index (χ4n) is 1.13. The highest BCUT2D eigenvalue weighted by molar-refractivity contribution is 7.98. The minimum atomic E-state index is -0.538. The first-order valence-corrected chi connectivity index (χ1v) is 6.01. The topological polar surface area (TPSA) is 38.7 Å². The van der Waals surface area contributed by atoms with E-state index in [1.54, 1.807) is 18.3 Å². The lowest BCUT2D eigenvalue weighted by molar-refractivity contribution is 0.583. The molecule has 3 nitrogen and oxygen atoms in total. The molecule has 0 unspecified atom stereocenters. The van der Waals surface area contributed by atoms with Crippen molar-refractivity contribution >= 4 is 11.8 Å². The minimum absolute atomic E-state index is 0.538. The van der Waals surface area contributed by atoms with Crippen molar-refractivity contribution in [3.63, 3.8) is 0 Å². The van der Waals surface area contributed by atoms with Crippen molar-refractivity contribution in [2.24, 2.45) is 0 Å². The van der Waals surface area contributed by atoms with E-state index in [0.717, 1.165) is 0 Å². The van der Waals surface area contributed by atoms with Crippen LogP contribution in [-0.4, -0.2) is 21.2 Å². The Morgan fingerprint density at radius 2 is 2.00 bits per heavy atom. The molecule has 0 N–H and O–H groups in total. The smallest absolute Gasteiger partial charge is 0.214 e. The second kappa shape index (κ2) is 5.41. The Balaban J connectivity index is 2.26. The zero-order valence-electron chi connectivity index (χ0n) is 9.01. The summed E-state index contributed by atoms with van der Waals surface area (Å²) >= 11 is 1.45. The van der Waals surface area contributed by atoms with Crippen LogP contribution in [-0.2, 0) is 0 Å². The zero-order valence-corrected chi connectivity index (χ0v) is 9.83. The fraction of sp³-hybridized carbons (Fsp3) is 0.0833. The minimum Gasteiger partial charge on any atom is -0.231 e. The molecule has 0 radical (unpaired) electrons. The molecule has 0 spiro atoms. The van der Waals surface area contributed by atoms with Crippen molar-refractivity contribution in [1.82, 2.24) is 15.0 Å². The molecule has 0 fully saturated rings. The Labute approximate surface area is 103 Å². The van der Waals surface area contributed by atoms with Crippen LogP contribution in [0, 0.1) is 17.8 Å². The third-order valence-electron chi connectivity index (χ3n) is 1.88. The maximum absolute atomic E-state index is 12.8. The van der Waals surface area contributed by atoms with Gasteiger partial charge in [-0.05, 0) is 24.3 Å². The van der Waals surface area contributed by atoms with E-state index in [0.29, 0.717) is 16.4 Å². The maximum atomic E-state index is 12.8. The average molecular weight is 245 g/mol. The van der Waals surface area contributed by atoms with E-state index in [-0.39, 0.29) is 0 Å². The monoisotopic (exact) mass is 245 g/mol. The van der Waals surface area contributed by atoms with Crippen molar-refractivity contribution in [1.29, 1.82) is 0 Å². The van der Waals surface area contributed by atoms with E-state index in [1.165, 1.54) is 24.0 Å². The summed E-state index contributed by atoms with van der Waals surface area (Å²) in [6.07, 6.45) is 4.92. The Morgan fingerprint density at radius 3 is 2.76 bits per heavy atom. The molecule has 5 heteroatoms. The molecule has 2 aromatic rings. The Hall–Kier alpha value is -1.93. The number of hydrogen-bond acceptors (Lipinski definition) is 4. The van der Waals surface area contributed by atoms with E-state index in [1.807, 2.05) is 6.26 Å². The number of thioether (sulfide) groups is 1. The van der Waals surface area contributed by atoms with Crippen LogP contribution in [0.1, 0.15) is 11.3 Å². The first kappa shape index (κ1) is 11.6. The molecule has 0 bridgehead atoms. The van der Waals surface area contributed by atoms with Crippen LogP contribution >= 0.6 is 11.8 Å². The van der Waals surface area contributed by atoms with Crippen LogP contribution in [0.15, 0.2) is 35.7 Å². The maximum Gasteiger partial charge on any atom is 0.214 e. The molecule has 0 saturated carbocycles. The lowest BCUT2D eigenvalue weighted by atomic mass is 10.2. The van der Waals surface area contributed by atoms with Gasteiger partial charge in [-0.25, -0.2) is 15.0 Å². The van der Waals surface area contributed by atoms with Crippen LogP contribution in [0.5, 0.6) is 0 Å². The van der Waals surface area contributed by atoms with Gasteiger partial charge in [0.25, 0.3) is 0 Å². The molecule has 0 aromatic carbocycles. The molecule has 2 heterocycles. The molecule has 2 rings (SSSR count). The molecule has 84 valence electrons. The molecule has 0 saturated heterocycles. The van der Waals surface area contributed by atoms with E-state index in [4.69, 9.17) is 0 Å². The summed E-state index contributed by atoms with van der Waals surface area (Å²) in [5, 5.41) is 0.665. The molecule has 0 atom stereocenters. The number of halogens is 1. The summed E-state index contributed by atoms with van der Waals surface area (Å²) in [6, 6.07) is 4.64. The summed E-state index contributed by atoms with van der Waals surface area (Å²) in [6.45, 7) is 0. The molecule has 0 aliphatic heterocycles. The van der Waals surface area contributed by atoms with Crippen LogP contribution in [0.3, 0.4) is 0 Å². The SMILES string of the molecule is CSc1nccc(C#Cc2ccnc(F)c2)n1. The molecule has 0 amide bonds. The van der Waals surface area contributed by atoms with Gasteiger partial charge in [-0.3, -0.25) is 0 Å². The quantitative estimate of drug-likeness (QED) is 0.334. The fourth-order valence-corrected chi connectivity index (χ4v) is 1.48. The van der Waals surface area contributed by atoms with Crippen molar-refractivity contribution in [3.8, 4) is 11.8 Å². The van der Waals surface area contributed by atoms with Crippen molar-refractivity contribution in [2.45, 2.75) is 5.16 Å². The van der Waals surface area contributed by atoms with Gasteiger partial charge in [0.2, 0.25) is 5.95 Å². The number of pyridine rings is 1. The van der Waals surface area contributed by atoms with Crippen LogP contribution in [0.4, 0.5) is 4.39 Å². The third-order valence-corrected chi connectivity index (χ3v) is 2.44. The van der Waals surface area contributed by atoms with E-state index >= 15 is 0 Å². The first-order chi connectivity index (χ1) is 8.28. The van der Waals surface area contributed by atoms with Gasteiger partial charge < -0.3 is 0 Å². The summed E-state index contributed by atoms with van der Waals surface area (Å²) in [5.41, 5.74) is 1.18. The van der Waals surface area contributed by atoms with Gasteiger partial charge in [-0.15, -0.1) is 0 Å². The van der Waals surface area contributed by atoms with Gasteiger partial charge in [0.1, 0.15) is 5.69 Å². The second-order valence-corrected chi connectivity index (χ2v) is 3.82. The molecule has 0 aliphatic rings. The highest BCUT2D eigenvalue weighted by atomic mass is 32.2. The van der Waals surface area contributed by atoms with Gasteiger partial charge in [-0.2, -0.15) is 4.39 Å². The van der Waals surface area contributed by atoms with Crippen LogP contribution in [0.2, 0.25) is 0 Å². The van der Waals surface area contributed by atoms with Crippen molar-refractivity contribution in [3.05, 3.63) is 47.8 Å².